The highest BCUT2D eigenvalue weighted by Gasteiger charge is 2.38. The van der Waals surface area contributed by atoms with Crippen molar-refractivity contribution >= 4 is 23.3 Å². The van der Waals surface area contributed by atoms with Gasteiger partial charge >= 0.3 is 0 Å². The number of ketones is 1. The molecule has 1 aromatic heterocycles. The number of benzene rings is 1. The molecule has 1 N–H and O–H groups in total. The Hall–Kier alpha value is -2.14. The summed E-state index contributed by atoms with van der Waals surface area (Å²) in [6.45, 7) is 2.09. The van der Waals surface area contributed by atoms with Gasteiger partial charge in [-0.15, -0.1) is 0 Å². The van der Waals surface area contributed by atoms with Crippen LogP contribution in [0.2, 0.25) is 5.02 Å². The summed E-state index contributed by atoms with van der Waals surface area (Å²) in [6.07, 6.45) is 2.90. The summed E-state index contributed by atoms with van der Waals surface area (Å²) in [5.41, 5.74) is 2.60. The predicted molar refractivity (Wildman–Crippen MR) is 83.7 cm³/mol. The van der Waals surface area contributed by atoms with Crippen LogP contribution in [0.1, 0.15) is 31.4 Å². The molecule has 0 amide bonds. The van der Waals surface area contributed by atoms with Crippen LogP contribution in [0.5, 0.6) is 0 Å². The zero-order chi connectivity index (χ0) is 15.3. The average molecular weight is 315 g/mol. The van der Waals surface area contributed by atoms with Crippen molar-refractivity contribution in [2.75, 3.05) is 5.32 Å². The molecule has 2 aliphatic rings. The van der Waals surface area contributed by atoms with E-state index in [0.717, 1.165) is 23.3 Å². The number of rotatable bonds is 1. The van der Waals surface area contributed by atoms with Gasteiger partial charge in [-0.25, -0.2) is 4.68 Å². The minimum Gasteiger partial charge on any atom is -0.328 e. The summed E-state index contributed by atoms with van der Waals surface area (Å²) in [5.74, 6) is 1.15. The van der Waals surface area contributed by atoms with Crippen molar-refractivity contribution in [1.29, 1.82) is 0 Å². The van der Waals surface area contributed by atoms with E-state index in [4.69, 9.17) is 11.6 Å². The molecule has 0 spiro atoms. The second-order valence-electron chi connectivity index (χ2n) is 5.91. The average Bonchev–Trinajstić information content (AvgIpc) is 2.93. The molecule has 0 unspecified atom stereocenters. The first-order valence-corrected chi connectivity index (χ1v) is 7.70. The molecule has 2 aromatic rings. The Morgan fingerprint density at radius 3 is 2.95 bits per heavy atom. The van der Waals surface area contributed by atoms with E-state index >= 15 is 0 Å². The van der Waals surface area contributed by atoms with Gasteiger partial charge in [0, 0.05) is 28.3 Å². The van der Waals surface area contributed by atoms with Crippen LogP contribution < -0.4 is 5.32 Å². The van der Waals surface area contributed by atoms with E-state index in [9.17, 15) is 4.79 Å². The highest BCUT2D eigenvalue weighted by Crippen LogP contribution is 2.42. The van der Waals surface area contributed by atoms with Crippen LogP contribution in [0.4, 0.5) is 5.95 Å². The normalized spacial score (nSPS) is 23.8. The molecule has 5 nitrogen and oxygen atoms in total. The first-order valence-electron chi connectivity index (χ1n) is 7.32. The Bertz CT molecular complexity index is 795. The zero-order valence-electron chi connectivity index (χ0n) is 12.1. The van der Waals surface area contributed by atoms with Gasteiger partial charge in [-0.3, -0.25) is 4.79 Å². The number of nitrogens with one attached hydrogen (secondary N) is 1. The van der Waals surface area contributed by atoms with Crippen LogP contribution >= 0.6 is 11.6 Å². The Morgan fingerprint density at radius 1 is 1.32 bits per heavy atom. The van der Waals surface area contributed by atoms with E-state index in [0.29, 0.717) is 23.3 Å². The van der Waals surface area contributed by atoms with Gasteiger partial charge in [0.1, 0.15) is 12.4 Å². The van der Waals surface area contributed by atoms with Crippen LogP contribution in [-0.4, -0.2) is 20.5 Å². The molecule has 1 aromatic carbocycles. The van der Waals surface area contributed by atoms with Gasteiger partial charge in [0.15, 0.2) is 5.78 Å². The SMILES string of the molecule is C[C@H]1CC(=O)C2=C(C1)Nc1ncnn1[C@H]2c1ccccc1Cl. The monoisotopic (exact) mass is 314 g/mol. The predicted octanol–water partition coefficient (Wildman–Crippen LogP) is 3.20. The summed E-state index contributed by atoms with van der Waals surface area (Å²) < 4.78 is 1.74. The second-order valence-corrected chi connectivity index (χ2v) is 6.31. The molecular formula is C16H15ClN4O. The quantitative estimate of drug-likeness (QED) is 0.878. The molecule has 0 fully saturated rings. The first-order chi connectivity index (χ1) is 10.6. The number of halogens is 1. The Morgan fingerprint density at radius 2 is 2.14 bits per heavy atom. The molecular weight excluding hydrogens is 300 g/mol. The maximum atomic E-state index is 12.7. The van der Waals surface area contributed by atoms with E-state index in [2.05, 4.69) is 22.3 Å². The van der Waals surface area contributed by atoms with Gasteiger partial charge in [-0.05, 0) is 18.4 Å². The number of Topliss-reactive ketones (excluding diaryl/α,β-unsaturated/α-hetero) is 1. The molecule has 0 saturated heterocycles. The van der Waals surface area contributed by atoms with Crippen molar-refractivity contribution in [2.24, 2.45) is 5.92 Å². The van der Waals surface area contributed by atoms with Gasteiger partial charge in [0.2, 0.25) is 5.95 Å². The smallest absolute Gasteiger partial charge is 0.226 e. The molecule has 0 radical (unpaired) electrons. The van der Waals surface area contributed by atoms with Gasteiger partial charge in [0.05, 0.1) is 0 Å². The summed E-state index contributed by atoms with van der Waals surface area (Å²) in [5, 5.41) is 8.20. The lowest BCUT2D eigenvalue weighted by atomic mass is 9.81. The minimum atomic E-state index is -0.303. The van der Waals surface area contributed by atoms with Gasteiger partial charge in [-0.1, -0.05) is 36.7 Å². The summed E-state index contributed by atoms with van der Waals surface area (Å²) in [7, 11) is 0. The van der Waals surface area contributed by atoms with Crippen molar-refractivity contribution in [3.63, 3.8) is 0 Å². The van der Waals surface area contributed by atoms with Crippen molar-refractivity contribution in [1.82, 2.24) is 14.8 Å². The Kier molecular flexibility index (Phi) is 3.04. The molecule has 1 aliphatic carbocycles. The molecule has 2 heterocycles. The summed E-state index contributed by atoms with van der Waals surface area (Å²) in [4.78, 5) is 16.9. The van der Waals surface area contributed by atoms with Gasteiger partial charge in [-0.2, -0.15) is 10.1 Å². The fourth-order valence-corrected chi connectivity index (χ4v) is 3.57. The fourth-order valence-electron chi connectivity index (χ4n) is 3.33. The fraction of sp³-hybridized carbons (Fsp3) is 0.312. The number of nitrogens with zero attached hydrogens (tertiary/aromatic N) is 3. The van der Waals surface area contributed by atoms with Crippen molar-refractivity contribution in [3.8, 4) is 0 Å². The molecule has 22 heavy (non-hydrogen) atoms. The van der Waals surface area contributed by atoms with Crippen LogP contribution in [0.3, 0.4) is 0 Å². The number of carbonyl (C=O) groups excluding carboxylic acids is 1. The van der Waals surface area contributed by atoms with E-state index in [1.165, 1.54) is 6.33 Å². The molecule has 4 rings (SSSR count). The van der Waals surface area contributed by atoms with E-state index < -0.39 is 0 Å². The standard InChI is InChI=1S/C16H15ClN4O/c1-9-6-12-14(13(22)7-9)15(10-4-2-3-5-11(10)17)21-16(20-12)18-8-19-21/h2-5,8-9,15H,6-7H2,1H3,(H,18,19,20)/t9-,15+/m1/s1. The topological polar surface area (TPSA) is 59.8 Å². The minimum absolute atomic E-state index is 0.160. The lowest BCUT2D eigenvalue weighted by molar-refractivity contribution is -0.117. The lowest BCUT2D eigenvalue weighted by Crippen LogP contribution is -2.33. The number of aromatic nitrogens is 3. The lowest BCUT2D eigenvalue weighted by Gasteiger charge is -2.34. The van der Waals surface area contributed by atoms with Crippen LogP contribution in [0.25, 0.3) is 0 Å². The highest BCUT2D eigenvalue weighted by atomic mass is 35.5. The maximum Gasteiger partial charge on any atom is 0.226 e. The van der Waals surface area contributed by atoms with Gasteiger partial charge < -0.3 is 5.32 Å². The van der Waals surface area contributed by atoms with Gasteiger partial charge in [0.25, 0.3) is 0 Å². The molecule has 0 bridgehead atoms. The van der Waals surface area contributed by atoms with Crippen LogP contribution in [-0.2, 0) is 4.79 Å². The summed E-state index contributed by atoms with van der Waals surface area (Å²) in [6, 6.07) is 7.29. The summed E-state index contributed by atoms with van der Waals surface area (Å²) >= 11 is 6.38. The number of fused-ring (bicyclic) bond motifs is 1. The Balaban J connectivity index is 1.94. The van der Waals surface area contributed by atoms with E-state index in [-0.39, 0.29) is 11.8 Å². The molecule has 112 valence electrons. The third-order valence-electron chi connectivity index (χ3n) is 4.27. The first kappa shape index (κ1) is 13.5. The zero-order valence-corrected chi connectivity index (χ0v) is 12.8. The molecule has 2 atom stereocenters. The third kappa shape index (κ3) is 1.96. The highest BCUT2D eigenvalue weighted by molar-refractivity contribution is 6.31. The number of anilines is 1. The second kappa shape index (κ2) is 4.95. The maximum absolute atomic E-state index is 12.7. The third-order valence-corrected chi connectivity index (χ3v) is 4.61. The van der Waals surface area contributed by atoms with Crippen LogP contribution in [0, 0.1) is 5.92 Å². The number of carbonyl (C=O) groups is 1. The van der Waals surface area contributed by atoms with E-state index in [1.807, 2.05) is 24.3 Å². The van der Waals surface area contributed by atoms with Crippen molar-refractivity contribution < 1.29 is 4.79 Å². The van der Waals surface area contributed by atoms with Crippen molar-refractivity contribution in [3.05, 3.63) is 52.4 Å². The molecule has 0 saturated carbocycles. The van der Waals surface area contributed by atoms with Crippen LogP contribution in [0.15, 0.2) is 41.9 Å². The number of hydrogen-bond donors (Lipinski definition) is 1. The number of allylic oxidation sites excluding steroid dienone is 2. The molecule has 6 heteroatoms. The van der Waals surface area contributed by atoms with E-state index in [1.54, 1.807) is 4.68 Å². The van der Waals surface area contributed by atoms with Crippen molar-refractivity contribution in [2.45, 2.75) is 25.8 Å². The number of hydrogen-bond acceptors (Lipinski definition) is 4. The Labute approximate surface area is 133 Å². The molecule has 1 aliphatic heterocycles. The largest absolute Gasteiger partial charge is 0.328 e.